The number of aromatic nitrogens is 1. The van der Waals surface area contributed by atoms with E-state index in [4.69, 9.17) is 4.74 Å². The second-order valence-electron chi connectivity index (χ2n) is 5.94. The van der Waals surface area contributed by atoms with Crippen LogP contribution in [0.1, 0.15) is 24.1 Å². The van der Waals surface area contributed by atoms with Gasteiger partial charge in [0.2, 0.25) is 0 Å². The Balaban J connectivity index is 1.83. The van der Waals surface area contributed by atoms with Crippen molar-refractivity contribution in [2.24, 2.45) is 0 Å². The molecule has 2 aromatic rings. The van der Waals surface area contributed by atoms with Gasteiger partial charge < -0.3 is 10.1 Å². The zero-order valence-corrected chi connectivity index (χ0v) is 14.4. The van der Waals surface area contributed by atoms with E-state index in [-0.39, 0.29) is 5.41 Å². The lowest BCUT2D eigenvalue weighted by atomic mass is 9.74. The van der Waals surface area contributed by atoms with Crippen LogP contribution < -0.4 is 5.32 Å². The van der Waals surface area contributed by atoms with Gasteiger partial charge in [-0.2, -0.15) is 0 Å². The van der Waals surface area contributed by atoms with E-state index in [9.17, 15) is 0 Å². The first-order chi connectivity index (χ1) is 10.7. The van der Waals surface area contributed by atoms with Crippen LogP contribution in [0.3, 0.4) is 0 Å². The summed E-state index contributed by atoms with van der Waals surface area (Å²) < 4.78 is 6.73. The summed E-state index contributed by atoms with van der Waals surface area (Å²) in [5.74, 6) is 0. The Morgan fingerprint density at radius 1 is 1.23 bits per heavy atom. The Hall–Kier alpha value is -1.39. The summed E-state index contributed by atoms with van der Waals surface area (Å²) in [5, 5.41) is 3.60. The van der Waals surface area contributed by atoms with Crippen molar-refractivity contribution in [3.05, 3.63) is 58.3 Å². The van der Waals surface area contributed by atoms with Crippen molar-refractivity contribution in [1.82, 2.24) is 4.98 Å². The number of hydrogen-bond donors (Lipinski definition) is 1. The second kappa shape index (κ2) is 6.80. The molecule has 1 aromatic heterocycles. The minimum atomic E-state index is 0.124. The minimum Gasteiger partial charge on any atom is -0.384 e. The third kappa shape index (κ3) is 3.50. The monoisotopic (exact) mass is 360 g/mol. The summed E-state index contributed by atoms with van der Waals surface area (Å²) in [6, 6.07) is 12.8. The van der Waals surface area contributed by atoms with Crippen molar-refractivity contribution in [2.75, 3.05) is 25.1 Å². The summed E-state index contributed by atoms with van der Waals surface area (Å²) in [6.45, 7) is 4.58. The number of halogens is 1. The summed E-state index contributed by atoms with van der Waals surface area (Å²) in [7, 11) is 0. The first kappa shape index (κ1) is 15.5. The van der Waals surface area contributed by atoms with E-state index in [1.54, 1.807) is 0 Å². The van der Waals surface area contributed by atoms with Crippen LogP contribution in [-0.4, -0.2) is 24.7 Å². The lowest BCUT2D eigenvalue weighted by Gasteiger charge is -2.38. The van der Waals surface area contributed by atoms with Crippen LogP contribution in [0.2, 0.25) is 0 Å². The average molecular weight is 361 g/mol. The van der Waals surface area contributed by atoms with Gasteiger partial charge in [0.1, 0.15) is 0 Å². The zero-order valence-electron chi connectivity index (χ0n) is 12.8. The fraction of sp³-hybridized carbons (Fsp3) is 0.389. The van der Waals surface area contributed by atoms with Gasteiger partial charge in [-0.1, -0.05) is 28.1 Å². The van der Waals surface area contributed by atoms with Gasteiger partial charge in [0.05, 0.1) is 0 Å². The Morgan fingerprint density at radius 3 is 2.77 bits per heavy atom. The van der Waals surface area contributed by atoms with E-state index >= 15 is 0 Å². The van der Waals surface area contributed by atoms with E-state index in [0.29, 0.717) is 0 Å². The minimum absolute atomic E-state index is 0.124. The van der Waals surface area contributed by atoms with Gasteiger partial charge in [-0.3, -0.25) is 4.98 Å². The molecule has 1 saturated heterocycles. The quantitative estimate of drug-likeness (QED) is 0.881. The molecule has 0 radical (unpaired) electrons. The highest BCUT2D eigenvalue weighted by atomic mass is 79.9. The first-order valence-electron chi connectivity index (χ1n) is 7.68. The molecule has 3 nitrogen and oxygen atoms in total. The molecule has 4 heteroatoms. The number of benzene rings is 1. The lowest BCUT2D eigenvalue weighted by Crippen LogP contribution is -2.40. The van der Waals surface area contributed by atoms with E-state index in [0.717, 1.165) is 48.5 Å². The highest BCUT2D eigenvalue weighted by molar-refractivity contribution is 9.10. The van der Waals surface area contributed by atoms with Crippen molar-refractivity contribution >= 4 is 21.6 Å². The number of rotatable bonds is 4. The molecule has 0 saturated carbocycles. The summed E-state index contributed by atoms with van der Waals surface area (Å²) in [6.07, 6.45) is 3.94. The molecule has 1 N–H and O–H groups in total. The largest absolute Gasteiger partial charge is 0.384 e. The SMILES string of the molecule is Cc1cc(NCC2(c3cccc(Br)c3)CCOCC2)ccn1. The van der Waals surface area contributed by atoms with Crippen molar-refractivity contribution in [3.8, 4) is 0 Å². The fourth-order valence-corrected chi connectivity index (χ4v) is 3.47. The standard InChI is InChI=1S/C18H21BrN2O/c1-14-11-17(5-8-20-14)21-13-18(6-9-22-10-7-18)15-3-2-4-16(19)12-15/h2-5,8,11-12H,6-7,9-10,13H2,1H3,(H,20,21). The molecule has 0 atom stereocenters. The van der Waals surface area contributed by atoms with Crippen LogP contribution in [0, 0.1) is 6.92 Å². The molecule has 0 bridgehead atoms. The number of nitrogens with one attached hydrogen (secondary N) is 1. The Labute approximate surface area is 140 Å². The van der Waals surface area contributed by atoms with E-state index in [1.807, 2.05) is 19.2 Å². The molecular weight excluding hydrogens is 340 g/mol. The first-order valence-corrected chi connectivity index (χ1v) is 8.48. The van der Waals surface area contributed by atoms with Crippen LogP contribution in [0.5, 0.6) is 0 Å². The van der Waals surface area contributed by atoms with Crippen LogP contribution in [0.4, 0.5) is 5.69 Å². The molecule has 1 fully saturated rings. The van der Waals surface area contributed by atoms with Crippen LogP contribution in [0.15, 0.2) is 47.1 Å². The van der Waals surface area contributed by atoms with Crippen molar-refractivity contribution in [2.45, 2.75) is 25.2 Å². The normalized spacial score (nSPS) is 17.2. The predicted molar refractivity (Wildman–Crippen MR) is 93.3 cm³/mol. The summed E-state index contributed by atoms with van der Waals surface area (Å²) in [5.41, 5.74) is 3.67. The van der Waals surface area contributed by atoms with Crippen molar-refractivity contribution in [3.63, 3.8) is 0 Å². The predicted octanol–water partition coefficient (Wildman–Crippen LogP) is 4.31. The van der Waals surface area contributed by atoms with Gasteiger partial charge in [0, 0.05) is 47.2 Å². The van der Waals surface area contributed by atoms with Gasteiger partial charge in [0.25, 0.3) is 0 Å². The number of anilines is 1. The van der Waals surface area contributed by atoms with Crippen molar-refractivity contribution < 1.29 is 4.74 Å². The highest BCUT2D eigenvalue weighted by Crippen LogP contribution is 2.36. The van der Waals surface area contributed by atoms with Crippen molar-refractivity contribution in [1.29, 1.82) is 0 Å². The van der Waals surface area contributed by atoms with Gasteiger partial charge in [-0.25, -0.2) is 0 Å². The average Bonchev–Trinajstić information content (AvgIpc) is 2.54. The number of aryl methyl sites for hydroxylation is 1. The third-order valence-electron chi connectivity index (χ3n) is 4.41. The smallest absolute Gasteiger partial charge is 0.0475 e. The molecule has 1 aromatic carbocycles. The maximum atomic E-state index is 5.60. The summed E-state index contributed by atoms with van der Waals surface area (Å²) in [4.78, 5) is 4.26. The molecular formula is C18H21BrN2O. The molecule has 3 rings (SSSR count). The van der Waals surface area contributed by atoms with Gasteiger partial charge in [-0.15, -0.1) is 0 Å². The fourth-order valence-electron chi connectivity index (χ4n) is 3.07. The molecule has 1 aliphatic heterocycles. The van der Waals surface area contributed by atoms with E-state index < -0.39 is 0 Å². The second-order valence-corrected chi connectivity index (χ2v) is 6.86. The van der Waals surface area contributed by atoms with Gasteiger partial charge >= 0.3 is 0 Å². The number of ether oxygens (including phenoxy) is 1. The molecule has 116 valence electrons. The van der Waals surface area contributed by atoms with Crippen LogP contribution >= 0.6 is 15.9 Å². The van der Waals surface area contributed by atoms with Gasteiger partial charge in [0.15, 0.2) is 0 Å². The number of hydrogen-bond acceptors (Lipinski definition) is 3. The molecule has 0 aliphatic carbocycles. The molecule has 0 unspecified atom stereocenters. The number of pyridine rings is 1. The number of nitrogens with zero attached hydrogens (tertiary/aromatic N) is 1. The highest BCUT2D eigenvalue weighted by Gasteiger charge is 2.34. The lowest BCUT2D eigenvalue weighted by molar-refractivity contribution is 0.0544. The maximum absolute atomic E-state index is 5.60. The topological polar surface area (TPSA) is 34.1 Å². The van der Waals surface area contributed by atoms with Crippen LogP contribution in [0.25, 0.3) is 0 Å². The maximum Gasteiger partial charge on any atom is 0.0475 e. The van der Waals surface area contributed by atoms with Gasteiger partial charge in [-0.05, 0) is 49.6 Å². The Bertz CT molecular complexity index is 638. The Kier molecular flexibility index (Phi) is 4.79. The van der Waals surface area contributed by atoms with E-state index in [1.165, 1.54) is 5.56 Å². The summed E-state index contributed by atoms with van der Waals surface area (Å²) >= 11 is 3.60. The Morgan fingerprint density at radius 2 is 2.05 bits per heavy atom. The molecule has 1 aliphatic rings. The van der Waals surface area contributed by atoms with E-state index in [2.05, 4.69) is 56.6 Å². The molecule has 22 heavy (non-hydrogen) atoms. The third-order valence-corrected chi connectivity index (χ3v) is 4.91. The molecule has 0 amide bonds. The molecule has 0 spiro atoms. The molecule has 2 heterocycles. The van der Waals surface area contributed by atoms with Crippen LogP contribution in [-0.2, 0) is 10.2 Å². The zero-order chi connectivity index (χ0) is 15.4.